The number of thioether (sulfide) groups is 1. The van der Waals surface area contributed by atoms with Crippen LogP contribution < -0.4 is 0 Å². The number of aromatic nitrogens is 3. The highest BCUT2D eigenvalue weighted by atomic mass is 35.5. The van der Waals surface area contributed by atoms with Crippen molar-refractivity contribution >= 4 is 51.4 Å². The van der Waals surface area contributed by atoms with Gasteiger partial charge >= 0.3 is 5.97 Å². The van der Waals surface area contributed by atoms with Gasteiger partial charge in [-0.25, -0.2) is 4.79 Å². The van der Waals surface area contributed by atoms with Crippen LogP contribution in [-0.2, 0) is 4.74 Å². The number of esters is 1. The summed E-state index contributed by atoms with van der Waals surface area (Å²) in [6, 6.07) is 6.76. The minimum absolute atomic E-state index is 0.0306. The Labute approximate surface area is 157 Å². The zero-order valence-electron chi connectivity index (χ0n) is 13.5. The summed E-state index contributed by atoms with van der Waals surface area (Å²) < 4.78 is 6.83. The summed E-state index contributed by atoms with van der Waals surface area (Å²) >= 11 is 8.34. The predicted molar refractivity (Wildman–Crippen MR) is 98.1 cm³/mol. The number of carbonyl (C=O) groups excluding carboxylic acids is 2. The van der Waals surface area contributed by atoms with E-state index in [4.69, 9.17) is 16.3 Å². The van der Waals surface area contributed by atoms with Gasteiger partial charge in [0.15, 0.2) is 10.9 Å². The van der Waals surface area contributed by atoms with Crippen molar-refractivity contribution in [2.24, 2.45) is 0 Å². The fourth-order valence-electron chi connectivity index (χ4n) is 2.21. The van der Waals surface area contributed by atoms with E-state index in [2.05, 4.69) is 10.2 Å². The Hall–Kier alpha value is -1.90. The molecule has 0 amide bonds. The van der Waals surface area contributed by atoms with Crippen LogP contribution in [0.2, 0.25) is 5.02 Å². The molecule has 1 aromatic carbocycles. The van der Waals surface area contributed by atoms with Gasteiger partial charge in [-0.15, -0.1) is 10.2 Å². The molecule has 0 saturated carbocycles. The number of ether oxygens (including phenoxy) is 1. The number of hydrogen-bond donors (Lipinski definition) is 0. The normalized spacial score (nSPS) is 11.0. The minimum atomic E-state index is -0.372. The van der Waals surface area contributed by atoms with Gasteiger partial charge in [-0.05, 0) is 38.1 Å². The average Bonchev–Trinajstić information content (AvgIpc) is 3.14. The Morgan fingerprint density at radius 1 is 1.28 bits per heavy atom. The van der Waals surface area contributed by atoms with E-state index < -0.39 is 0 Å². The van der Waals surface area contributed by atoms with Crippen LogP contribution in [0.25, 0.3) is 4.96 Å². The molecule has 6 nitrogen and oxygen atoms in total. The van der Waals surface area contributed by atoms with Crippen molar-refractivity contribution in [2.45, 2.75) is 19.0 Å². The maximum absolute atomic E-state index is 12.3. The van der Waals surface area contributed by atoms with E-state index in [-0.39, 0.29) is 17.5 Å². The molecule has 0 aliphatic heterocycles. The summed E-state index contributed by atoms with van der Waals surface area (Å²) in [6.07, 6.45) is 0. The summed E-state index contributed by atoms with van der Waals surface area (Å²) in [5.74, 6) is -0.187. The Morgan fingerprint density at radius 3 is 2.68 bits per heavy atom. The second-order valence-electron chi connectivity index (χ2n) is 5.06. The van der Waals surface area contributed by atoms with Crippen molar-refractivity contribution in [1.82, 2.24) is 14.6 Å². The number of rotatable bonds is 6. The third-order valence-corrected chi connectivity index (χ3v) is 5.71. The van der Waals surface area contributed by atoms with Gasteiger partial charge in [-0.2, -0.15) is 0 Å². The van der Waals surface area contributed by atoms with E-state index in [1.165, 1.54) is 23.1 Å². The van der Waals surface area contributed by atoms with Crippen LogP contribution in [0, 0.1) is 6.92 Å². The van der Waals surface area contributed by atoms with Crippen molar-refractivity contribution in [3.05, 3.63) is 45.4 Å². The van der Waals surface area contributed by atoms with Gasteiger partial charge in [0.05, 0.1) is 12.4 Å². The Bertz CT molecular complexity index is 934. The number of ketones is 1. The van der Waals surface area contributed by atoms with Gasteiger partial charge in [0, 0.05) is 16.3 Å². The lowest BCUT2D eigenvalue weighted by Gasteiger charge is -2.02. The number of nitrogens with zero attached hydrogens (tertiary/aromatic N) is 3. The number of thiazole rings is 1. The molecule has 3 rings (SSSR count). The van der Waals surface area contributed by atoms with Crippen LogP contribution in [0.3, 0.4) is 0 Å². The largest absolute Gasteiger partial charge is 0.462 e. The molecule has 0 bridgehead atoms. The molecule has 0 spiro atoms. The maximum atomic E-state index is 12.3. The van der Waals surface area contributed by atoms with Gasteiger partial charge in [0.25, 0.3) is 0 Å². The first-order chi connectivity index (χ1) is 12.0. The fraction of sp³-hybridized carbons (Fsp3) is 0.250. The molecule has 0 N–H and O–H groups in total. The summed E-state index contributed by atoms with van der Waals surface area (Å²) in [6.45, 7) is 3.88. The van der Waals surface area contributed by atoms with Crippen LogP contribution in [0.15, 0.2) is 29.4 Å². The SMILES string of the molecule is CCOC(=O)c1sc2nnc(SCC(=O)c3ccc(Cl)cc3)n2c1C. The van der Waals surface area contributed by atoms with Gasteiger partial charge in [-0.1, -0.05) is 34.7 Å². The highest BCUT2D eigenvalue weighted by Gasteiger charge is 2.21. The van der Waals surface area contributed by atoms with E-state index in [1.54, 1.807) is 35.6 Å². The minimum Gasteiger partial charge on any atom is -0.462 e. The fourth-order valence-corrected chi connectivity index (χ4v) is 4.23. The molecule has 9 heteroatoms. The Kier molecular flexibility index (Phi) is 5.41. The summed E-state index contributed by atoms with van der Waals surface area (Å²) in [5.41, 5.74) is 1.30. The molecule has 0 radical (unpaired) electrons. The highest BCUT2D eigenvalue weighted by molar-refractivity contribution is 7.99. The van der Waals surface area contributed by atoms with Crippen molar-refractivity contribution < 1.29 is 14.3 Å². The number of aryl methyl sites for hydroxylation is 1. The first-order valence-electron chi connectivity index (χ1n) is 7.44. The van der Waals surface area contributed by atoms with Crippen LogP contribution in [-0.4, -0.2) is 38.7 Å². The molecule has 25 heavy (non-hydrogen) atoms. The number of carbonyl (C=O) groups is 2. The van der Waals surface area contributed by atoms with Crippen molar-refractivity contribution in [2.75, 3.05) is 12.4 Å². The molecular weight excluding hydrogens is 382 g/mol. The molecule has 0 unspecified atom stereocenters. The first-order valence-corrected chi connectivity index (χ1v) is 9.62. The summed E-state index contributed by atoms with van der Waals surface area (Å²) in [7, 11) is 0. The van der Waals surface area contributed by atoms with Gasteiger partial charge < -0.3 is 4.74 Å². The lowest BCUT2D eigenvalue weighted by Crippen LogP contribution is -2.06. The summed E-state index contributed by atoms with van der Waals surface area (Å²) in [4.78, 5) is 25.4. The van der Waals surface area contributed by atoms with Crippen molar-refractivity contribution in [3.8, 4) is 0 Å². The molecule has 0 atom stereocenters. The number of benzene rings is 1. The second-order valence-corrected chi connectivity index (χ2v) is 7.41. The molecule has 2 aromatic heterocycles. The Morgan fingerprint density at radius 2 is 2.00 bits per heavy atom. The predicted octanol–water partition coefficient (Wildman–Crippen LogP) is 3.90. The van der Waals surface area contributed by atoms with E-state index >= 15 is 0 Å². The molecule has 130 valence electrons. The average molecular weight is 396 g/mol. The van der Waals surface area contributed by atoms with E-state index in [1.807, 2.05) is 6.92 Å². The number of Topliss-reactive ketones (excluding diaryl/α,β-unsaturated/α-hetero) is 1. The Balaban J connectivity index is 1.79. The first kappa shape index (κ1) is 17.9. The molecule has 0 aliphatic rings. The van der Waals surface area contributed by atoms with Gasteiger partial charge in [0.1, 0.15) is 4.88 Å². The lowest BCUT2D eigenvalue weighted by molar-refractivity contribution is 0.0530. The lowest BCUT2D eigenvalue weighted by atomic mass is 10.1. The number of hydrogen-bond acceptors (Lipinski definition) is 7. The second kappa shape index (κ2) is 7.55. The molecule has 0 saturated heterocycles. The zero-order valence-corrected chi connectivity index (χ0v) is 15.9. The summed E-state index contributed by atoms with van der Waals surface area (Å²) in [5, 5.41) is 9.34. The van der Waals surface area contributed by atoms with Crippen LogP contribution in [0.5, 0.6) is 0 Å². The quantitative estimate of drug-likeness (QED) is 0.358. The smallest absolute Gasteiger partial charge is 0.350 e. The third kappa shape index (κ3) is 3.70. The number of fused-ring (bicyclic) bond motifs is 1. The molecule has 3 aromatic rings. The van der Waals surface area contributed by atoms with Crippen LogP contribution in [0.4, 0.5) is 0 Å². The van der Waals surface area contributed by atoms with E-state index in [9.17, 15) is 9.59 Å². The maximum Gasteiger partial charge on any atom is 0.350 e. The number of halogens is 1. The molecule has 0 aliphatic carbocycles. The zero-order chi connectivity index (χ0) is 18.0. The van der Waals surface area contributed by atoms with Gasteiger partial charge in [0.2, 0.25) is 4.96 Å². The topological polar surface area (TPSA) is 73.6 Å². The van der Waals surface area contributed by atoms with Crippen LogP contribution in [0.1, 0.15) is 32.6 Å². The molecular formula is C16H14ClN3O3S2. The van der Waals surface area contributed by atoms with Crippen LogP contribution >= 0.6 is 34.7 Å². The molecule has 0 fully saturated rings. The van der Waals surface area contributed by atoms with Crippen molar-refractivity contribution in [1.29, 1.82) is 0 Å². The van der Waals surface area contributed by atoms with Crippen molar-refractivity contribution in [3.63, 3.8) is 0 Å². The van der Waals surface area contributed by atoms with Gasteiger partial charge in [-0.3, -0.25) is 9.20 Å². The monoisotopic (exact) mass is 395 g/mol. The standard InChI is InChI=1S/C16H14ClN3O3S2/c1-3-23-14(22)13-9(2)20-15(18-19-16(20)25-13)24-8-12(21)10-4-6-11(17)7-5-10/h4-7H,3,8H2,1-2H3. The molecule has 2 heterocycles. The van der Waals surface area contributed by atoms with E-state index in [0.29, 0.717) is 37.9 Å². The highest BCUT2D eigenvalue weighted by Crippen LogP contribution is 2.28. The van der Waals surface area contributed by atoms with E-state index in [0.717, 1.165) is 0 Å². The third-order valence-electron chi connectivity index (χ3n) is 3.42.